The van der Waals surface area contributed by atoms with Crippen molar-refractivity contribution in [2.75, 3.05) is 5.32 Å². The van der Waals surface area contributed by atoms with Crippen LogP contribution in [0.4, 0.5) is 10.1 Å². The Morgan fingerprint density at radius 3 is 2.64 bits per heavy atom. The maximum atomic E-state index is 14.1. The molecule has 3 aromatic rings. The number of hydrogen-bond donors (Lipinski definition) is 2. The summed E-state index contributed by atoms with van der Waals surface area (Å²) in [5.74, 6) is -0.349. The van der Waals surface area contributed by atoms with E-state index >= 15 is 0 Å². The van der Waals surface area contributed by atoms with Gasteiger partial charge in [-0.3, -0.25) is 9.36 Å². The van der Waals surface area contributed by atoms with Crippen molar-refractivity contribution in [1.82, 2.24) is 24.9 Å². The minimum Gasteiger partial charge on any atom is -0.358 e. The van der Waals surface area contributed by atoms with E-state index in [0.717, 1.165) is 28.3 Å². The molecule has 6 nitrogen and oxygen atoms in total. The standard InChI is InChI=1S/C19H22ClFN6S/c1-11-18(24-19(28)22-8-14-9-23-26(4)12(14)2)13(3)27(25-11)10-15-16(20)6-5-7-17(15)21/h5-7,9H,8,10H2,1-4H3,(H2,22,24,28). The van der Waals surface area contributed by atoms with Crippen molar-refractivity contribution in [2.24, 2.45) is 7.05 Å². The molecule has 0 saturated carbocycles. The van der Waals surface area contributed by atoms with Crippen LogP contribution in [0.5, 0.6) is 0 Å². The van der Waals surface area contributed by atoms with Gasteiger partial charge < -0.3 is 10.6 Å². The first-order valence-electron chi connectivity index (χ1n) is 8.77. The summed E-state index contributed by atoms with van der Waals surface area (Å²) >= 11 is 11.6. The first-order valence-corrected chi connectivity index (χ1v) is 9.55. The lowest BCUT2D eigenvalue weighted by Gasteiger charge is -2.12. The van der Waals surface area contributed by atoms with E-state index in [9.17, 15) is 4.39 Å². The molecule has 28 heavy (non-hydrogen) atoms. The van der Waals surface area contributed by atoms with Crippen molar-refractivity contribution in [3.63, 3.8) is 0 Å². The molecule has 2 heterocycles. The van der Waals surface area contributed by atoms with Gasteiger partial charge in [-0.25, -0.2) is 4.39 Å². The number of aryl methyl sites for hydroxylation is 2. The molecule has 0 aliphatic heterocycles. The summed E-state index contributed by atoms with van der Waals surface area (Å²) in [4.78, 5) is 0. The zero-order chi connectivity index (χ0) is 20.4. The molecule has 0 radical (unpaired) electrons. The fraction of sp³-hybridized carbons (Fsp3) is 0.316. The van der Waals surface area contributed by atoms with Crippen LogP contribution in [0, 0.1) is 26.6 Å². The highest BCUT2D eigenvalue weighted by atomic mass is 35.5. The maximum Gasteiger partial charge on any atom is 0.171 e. The van der Waals surface area contributed by atoms with Crippen molar-refractivity contribution in [1.29, 1.82) is 0 Å². The van der Waals surface area contributed by atoms with Crippen LogP contribution < -0.4 is 10.6 Å². The summed E-state index contributed by atoms with van der Waals surface area (Å²) < 4.78 is 17.6. The van der Waals surface area contributed by atoms with Gasteiger partial charge in [-0.1, -0.05) is 17.7 Å². The van der Waals surface area contributed by atoms with Gasteiger partial charge >= 0.3 is 0 Å². The Bertz CT molecular complexity index is 1010. The number of benzene rings is 1. The van der Waals surface area contributed by atoms with Gasteiger partial charge in [-0.15, -0.1) is 0 Å². The average molecular weight is 421 g/mol. The number of nitrogens with one attached hydrogen (secondary N) is 2. The lowest BCUT2D eigenvalue weighted by atomic mass is 10.2. The van der Waals surface area contributed by atoms with E-state index in [1.54, 1.807) is 16.8 Å². The average Bonchev–Trinajstić information content (AvgIpc) is 3.10. The summed E-state index contributed by atoms with van der Waals surface area (Å²) in [6, 6.07) is 4.65. The molecule has 0 aliphatic rings. The number of anilines is 1. The number of halogens is 2. The van der Waals surface area contributed by atoms with Gasteiger partial charge in [0.25, 0.3) is 0 Å². The molecule has 148 valence electrons. The molecule has 0 saturated heterocycles. The van der Waals surface area contributed by atoms with Crippen molar-refractivity contribution < 1.29 is 4.39 Å². The number of nitrogens with zero attached hydrogens (tertiary/aromatic N) is 4. The largest absolute Gasteiger partial charge is 0.358 e. The molecule has 0 bridgehead atoms. The van der Waals surface area contributed by atoms with Gasteiger partial charge in [0.15, 0.2) is 5.11 Å². The van der Waals surface area contributed by atoms with Crippen LogP contribution in [0.15, 0.2) is 24.4 Å². The van der Waals surface area contributed by atoms with E-state index < -0.39 is 0 Å². The van der Waals surface area contributed by atoms with Gasteiger partial charge in [0.1, 0.15) is 5.82 Å². The molecule has 2 aromatic heterocycles. The summed E-state index contributed by atoms with van der Waals surface area (Å²) in [7, 11) is 1.90. The third-order valence-electron chi connectivity index (χ3n) is 4.77. The van der Waals surface area contributed by atoms with E-state index in [4.69, 9.17) is 23.8 Å². The van der Waals surface area contributed by atoms with E-state index in [0.29, 0.717) is 22.2 Å². The zero-order valence-corrected chi connectivity index (χ0v) is 17.7. The van der Waals surface area contributed by atoms with Crippen molar-refractivity contribution in [2.45, 2.75) is 33.9 Å². The summed E-state index contributed by atoms with van der Waals surface area (Å²) in [5, 5.41) is 16.0. The SMILES string of the molecule is Cc1nn(Cc2c(F)cccc2Cl)c(C)c1NC(=S)NCc1cnn(C)c1C. The Morgan fingerprint density at radius 2 is 2.00 bits per heavy atom. The fourth-order valence-electron chi connectivity index (χ4n) is 2.92. The predicted molar refractivity (Wildman–Crippen MR) is 113 cm³/mol. The van der Waals surface area contributed by atoms with E-state index in [1.807, 2.05) is 38.7 Å². The third kappa shape index (κ3) is 4.18. The molecule has 1 aromatic carbocycles. The minimum absolute atomic E-state index is 0.245. The summed E-state index contributed by atoms with van der Waals surface area (Å²) in [5.41, 5.74) is 4.98. The van der Waals surface area contributed by atoms with Gasteiger partial charge in [0, 0.05) is 35.4 Å². The van der Waals surface area contributed by atoms with Gasteiger partial charge in [-0.05, 0) is 45.1 Å². The van der Waals surface area contributed by atoms with Crippen LogP contribution >= 0.6 is 23.8 Å². The summed E-state index contributed by atoms with van der Waals surface area (Å²) in [6.45, 7) is 6.61. The second-order valence-electron chi connectivity index (χ2n) is 6.59. The van der Waals surface area contributed by atoms with Crippen LogP contribution in [0.3, 0.4) is 0 Å². The molecule has 3 rings (SSSR count). The van der Waals surface area contributed by atoms with Crippen LogP contribution in [0.25, 0.3) is 0 Å². The molecule has 0 atom stereocenters. The zero-order valence-electron chi connectivity index (χ0n) is 16.2. The Kier molecular flexibility index (Phi) is 6.00. The van der Waals surface area contributed by atoms with Crippen LogP contribution in [0.2, 0.25) is 5.02 Å². The molecular weight excluding hydrogens is 399 g/mol. The van der Waals surface area contributed by atoms with Crippen molar-refractivity contribution in [3.05, 3.63) is 63.4 Å². The van der Waals surface area contributed by atoms with Crippen LogP contribution in [-0.2, 0) is 20.1 Å². The molecule has 2 N–H and O–H groups in total. The molecular formula is C19H22ClFN6S. The molecule has 0 unspecified atom stereocenters. The molecule has 0 amide bonds. The first-order chi connectivity index (χ1) is 13.3. The number of hydrogen-bond acceptors (Lipinski definition) is 3. The highest BCUT2D eigenvalue weighted by molar-refractivity contribution is 7.80. The minimum atomic E-state index is -0.349. The van der Waals surface area contributed by atoms with Crippen LogP contribution in [-0.4, -0.2) is 24.7 Å². The van der Waals surface area contributed by atoms with Gasteiger partial charge in [0.05, 0.1) is 29.8 Å². The van der Waals surface area contributed by atoms with Crippen LogP contribution in [0.1, 0.15) is 28.2 Å². The Morgan fingerprint density at radius 1 is 1.25 bits per heavy atom. The van der Waals surface area contributed by atoms with Gasteiger partial charge in [-0.2, -0.15) is 10.2 Å². The highest BCUT2D eigenvalue weighted by Crippen LogP contribution is 2.24. The molecule has 0 fully saturated rings. The smallest absolute Gasteiger partial charge is 0.171 e. The fourth-order valence-corrected chi connectivity index (χ4v) is 3.31. The monoisotopic (exact) mass is 420 g/mol. The highest BCUT2D eigenvalue weighted by Gasteiger charge is 2.16. The number of aromatic nitrogens is 4. The van der Waals surface area contributed by atoms with E-state index in [2.05, 4.69) is 20.8 Å². The topological polar surface area (TPSA) is 59.7 Å². The number of thiocarbonyl (C=S) groups is 1. The Labute approximate surface area is 173 Å². The predicted octanol–water partition coefficient (Wildman–Crippen LogP) is 3.87. The first kappa shape index (κ1) is 20.3. The lowest BCUT2D eigenvalue weighted by Crippen LogP contribution is -2.28. The van der Waals surface area contributed by atoms with E-state index in [1.165, 1.54) is 6.07 Å². The normalized spacial score (nSPS) is 10.9. The lowest BCUT2D eigenvalue weighted by molar-refractivity contribution is 0.579. The Hall–Kier alpha value is -2.45. The second-order valence-corrected chi connectivity index (χ2v) is 7.41. The quantitative estimate of drug-likeness (QED) is 0.613. The Balaban J connectivity index is 1.71. The second kappa shape index (κ2) is 8.28. The molecule has 0 spiro atoms. The molecule has 0 aliphatic carbocycles. The van der Waals surface area contributed by atoms with Crippen molar-refractivity contribution >= 4 is 34.6 Å². The third-order valence-corrected chi connectivity index (χ3v) is 5.37. The van der Waals surface area contributed by atoms with E-state index in [-0.39, 0.29) is 12.4 Å². The van der Waals surface area contributed by atoms with Gasteiger partial charge in [0.2, 0.25) is 0 Å². The molecule has 9 heteroatoms. The summed E-state index contributed by atoms with van der Waals surface area (Å²) in [6.07, 6.45) is 1.82. The maximum absolute atomic E-state index is 14.1. The number of rotatable bonds is 5. The van der Waals surface area contributed by atoms with Crippen molar-refractivity contribution in [3.8, 4) is 0 Å².